The lowest BCUT2D eigenvalue weighted by Crippen LogP contribution is -2.41. The maximum Gasteiger partial charge on any atom is 0.266 e. The van der Waals surface area contributed by atoms with E-state index in [0.717, 1.165) is 16.4 Å². The Kier molecular flexibility index (Phi) is 6.46. The van der Waals surface area contributed by atoms with Gasteiger partial charge in [0.05, 0.1) is 5.69 Å². The van der Waals surface area contributed by atoms with Crippen LogP contribution in [0.15, 0.2) is 114 Å². The van der Waals surface area contributed by atoms with Crippen LogP contribution < -0.4 is 9.21 Å². The molecule has 3 aromatic carbocycles. The molecule has 0 unspecified atom stereocenters. The van der Waals surface area contributed by atoms with Crippen molar-refractivity contribution in [2.75, 3.05) is 15.7 Å². The highest BCUT2D eigenvalue weighted by Crippen LogP contribution is 2.28. The maximum absolute atomic E-state index is 13.6. The molecule has 0 saturated heterocycles. The van der Waals surface area contributed by atoms with E-state index in [0.29, 0.717) is 11.4 Å². The Balaban J connectivity index is 1.77. The lowest BCUT2D eigenvalue weighted by atomic mass is 10.2. The van der Waals surface area contributed by atoms with Gasteiger partial charge in [0.2, 0.25) is 0 Å². The molecular formula is C25H20FN3O3S. The van der Waals surface area contributed by atoms with Crippen LogP contribution in [0, 0.1) is 5.82 Å². The molecule has 1 aromatic heterocycles. The van der Waals surface area contributed by atoms with Gasteiger partial charge in [-0.25, -0.2) is 12.8 Å². The highest BCUT2D eigenvalue weighted by molar-refractivity contribution is 7.92. The fourth-order valence-electron chi connectivity index (χ4n) is 3.33. The lowest BCUT2D eigenvalue weighted by Gasteiger charge is -2.28. The summed E-state index contributed by atoms with van der Waals surface area (Å²) in [6.07, 6.45) is 2.67. The van der Waals surface area contributed by atoms with Crippen LogP contribution in [0.2, 0.25) is 0 Å². The van der Waals surface area contributed by atoms with Crippen molar-refractivity contribution in [2.45, 2.75) is 4.90 Å². The van der Waals surface area contributed by atoms with Gasteiger partial charge in [-0.1, -0.05) is 36.4 Å². The molecular weight excluding hydrogens is 441 g/mol. The molecule has 0 radical (unpaired) electrons. The van der Waals surface area contributed by atoms with Crippen molar-refractivity contribution in [3.05, 3.63) is 115 Å². The Bertz CT molecular complexity index is 1280. The minimum Gasteiger partial charge on any atom is -0.280 e. The first kappa shape index (κ1) is 22.2. The van der Waals surface area contributed by atoms with Crippen molar-refractivity contribution in [1.82, 2.24) is 4.98 Å². The molecule has 4 aromatic rings. The molecule has 0 N–H and O–H groups in total. The lowest BCUT2D eigenvalue weighted by molar-refractivity contribution is -0.116. The normalized spacial score (nSPS) is 11.1. The summed E-state index contributed by atoms with van der Waals surface area (Å²) in [5.74, 6) is -0.997. The number of hydrogen-bond acceptors (Lipinski definition) is 4. The molecule has 4 rings (SSSR count). The van der Waals surface area contributed by atoms with E-state index in [1.807, 2.05) is 12.1 Å². The molecule has 1 amide bonds. The number of amides is 1. The van der Waals surface area contributed by atoms with Gasteiger partial charge in [-0.05, 0) is 60.7 Å². The summed E-state index contributed by atoms with van der Waals surface area (Å²) in [7, 11) is -4.16. The van der Waals surface area contributed by atoms with Crippen molar-refractivity contribution in [2.24, 2.45) is 0 Å². The second-order valence-corrected chi connectivity index (χ2v) is 8.94. The topological polar surface area (TPSA) is 70.6 Å². The number of benzene rings is 3. The number of pyridine rings is 1. The Morgan fingerprint density at radius 1 is 0.758 bits per heavy atom. The van der Waals surface area contributed by atoms with Gasteiger partial charge in [0.25, 0.3) is 15.9 Å². The molecule has 0 aliphatic carbocycles. The Morgan fingerprint density at radius 3 is 1.85 bits per heavy atom. The van der Waals surface area contributed by atoms with Crippen molar-refractivity contribution in [3.63, 3.8) is 0 Å². The average molecular weight is 462 g/mol. The number of rotatable bonds is 7. The summed E-state index contributed by atoms with van der Waals surface area (Å²) in [4.78, 5) is 18.9. The largest absolute Gasteiger partial charge is 0.280 e. The minimum atomic E-state index is -4.16. The van der Waals surface area contributed by atoms with Crippen LogP contribution in [0.3, 0.4) is 0 Å². The number of carbonyl (C=O) groups excluding carboxylic acids is 1. The molecule has 0 aliphatic heterocycles. The second kappa shape index (κ2) is 9.62. The second-order valence-electron chi connectivity index (χ2n) is 7.08. The van der Waals surface area contributed by atoms with Crippen LogP contribution >= 0.6 is 0 Å². The molecule has 8 heteroatoms. The van der Waals surface area contributed by atoms with Gasteiger partial charge in [-0.15, -0.1) is 0 Å². The standard InChI is InChI=1S/C25H20FN3O3S/c26-20-13-15-21(16-14-20)28(33(31,32)24-12-7-17-27-18-24)19-25(30)29(22-8-3-1-4-9-22)23-10-5-2-6-11-23/h1-18H,19H2. The smallest absolute Gasteiger partial charge is 0.266 e. The summed E-state index contributed by atoms with van der Waals surface area (Å²) < 4.78 is 41.5. The fraction of sp³-hybridized carbons (Fsp3) is 0.0400. The third-order valence-corrected chi connectivity index (χ3v) is 6.65. The van der Waals surface area contributed by atoms with Gasteiger partial charge in [-0.3, -0.25) is 19.0 Å². The first-order chi connectivity index (χ1) is 16.0. The van der Waals surface area contributed by atoms with E-state index in [2.05, 4.69) is 4.98 Å². The molecule has 0 atom stereocenters. The Hall–Kier alpha value is -4.04. The Morgan fingerprint density at radius 2 is 1.33 bits per heavy atom. The van der Waals surface area contributed by atoms with E-state index in [9.17, 15) is 17.6 Å². The van der Waals surface area contributed by atoms with Crippen LogP contribution in [-0.4, -0.2) is 25.9 Å². The summed E-state index contributed by atoms with van der Waals surface area (Å²) in [6, 6.07) is 25.7. The van der Waals surface area contributed by atoms with Crippen LogP contribution in [0.5, 0.6) is 0 Å². The van der Waals surface area contributed by atoms with E-state index in [4.69, 9.17) is 0 Å². The quantitative estimate of drug-likeness (QED) is 0.397. The third kappa shape index (κ3) is 4.91. The molecule has 0 fully saturated rings. The van der Waals surface area contributed by atoms with Gasteiger partial charge in [0, 0.05) is 23.8 Å². The molecule has 166 valence electrons. The molecule has 0 aliphatic rings. The summed E-state index contributed by atoms with van der Waals surface area (Å²) in [5, 5.41) is 0. The number of sulfonamides is 1. The Labute approximate surface area is 191 Å². The highest BCUT2D eigenvalue weighted by Gasteiger charge is 2.30. The fourth-order valence-corrected chi connectivity index (χ4v) is 4.71. The maximum atomic E-state index is 13.6. The van der Waals surface area contributed by atoms with E-state index in [1.54, 1.807) is 48.5 Å². The highest BCUT2D eigenvalue weighted by atomic mass is 32.2. The number of halogens is 1. The van der Waals surface area contributed by atoms with E-state index in [-0.39, 0.29) is 10.6 Å². The van der Waals surface area contributed by atoms with Gasteiger partial charge in [0.1, 0.15) is 17.3 Å². The molecule has 1 heterocycles. The number of carbonyl (C=O) groups is 1. The van der Waals surface area contributed by atoms with Crippen molar-refractivity contribution in [3.8, 4) is 0 Å². The van der Waals surface area contributed by atoms with Crippen LogP contribution in [0.1, 0.15) is 0 Å². The zero-order valence-electron chi connectivity index (χ0n) is 17.5. The van der Waals surface area contributed by atoms with Crippen molar-refractivity contribution in [1.29, 1.82) is 0 Å². The van der Waals surface area contributed by atoms with Gasteiger partial charge >= 0.3 is 0 Å². The average Bonchev–Trinajstić information content (AvgIpc) is 2.85. The van der Waals surface area contributed by atoms with E-state index < -0.39 is 28.3 Å². The first-order valence-electron chi connectivity index (χ1n) is 10.1. The number of aromatic nitrogens is 1. The van der Waals surface area contributed by atoms with Gasteiger partial charge < -0.3 is 0 Å². The first-order valence-corrected chi connectivity index (χ1v) is 11.5. The molecule has 0 spiro atoms. The summed E-state index contributed by atoms with van der Waals surface area (Å²) in [5.41, 5.74) is 1.34. The van der Waals surface area contributed by atoms with Crippen molar-refractivity contribution < 1.29 is 17.6 Å². The van der Waals surface area contributed by atoms with Crippen molar-refractivity contribution >= 4 is 33.0 Å². The monoisotopic (exact) mass is 461 g/mol. The van der Waals surface area contributed by atoms with Gasteiger partial charge in [0.15, 0.2) is 0 Å². The predicted molar refractivity (Wildman–Crippen MR) is 125 cm³/mol. The third-order valence-electron chi connectivity index (χ3n) is 4.89. The number of para-hydroxylation sites is 2. The SMILES string of the molecule is O=C(CN(c1ccc(F)cc1)S(=O)(=O)c1cccnc1)N(c1ccccc1)c1ccccc1. The van der Waals surface area contributed by atoms with E-state index in [1.165, 1.54) is 41.6 Å². The zero-order chi connectivity index (χ0) is 23.3. The van der Waals surface area contributed by atoms with Gasteiger partial charge in [-0.2, -0.15) is 0 Å². The molecule has 6 nitrogen and oxygen atoms in total. The van der Waals surface area contributed by atoms with Crippen LogP contribution in [0.4, 0.5) is 21.5 Å². The van der Waals surface area contributed by atoms with E-state index >= 15 is 0 Å². The molecule has 33 heavy (non-hydrogen) atoms. The number of hydrogen-bond donors (Lipinski definition) is 0. The number of nitrogens with zero attached hydrogens (tertiary/aromatic N) is 3. The van der Waals surface area contributed by atoms with Crippen LogP contribution in [-0.2, 0) is 14.8 Å². The minimum absolute atomic E-state index is 0.0758. The molecule has 0 saturated carbocycles. The van der Waals surface area contributed by atoms with Crippen LogP contribution in [0.25, 0.3) is 0 Å². The summed E-state index contributed by atoms with van der Waals surface area (Å²) in [6.45, 7) is -0.507. The number of anilines is 3. The molecule has 0 bridgehead atoms. The zero-order valence-corrected chi connectivity index (χ0v) is 18.3. The summed E-state index contributed by atoms with van der Waals surface area (Å²) >= 11 is 0. The predicted octanol–water partition coefficient (Wildman–Crippen LogP) is 4.78.